The van der Waals surface area contributed by atoms with Crippen molar-refractivity contribution in [1.29, 1.82) is 0 Å². The molecule has 2 aliphatic carbocycles. The molecule has 0 atom stereocenters. The summed E-state index contributed by atoms with van der Waals surface area (Å²) in [4.78, 5) is 9.26. The van der Waals surface area contributed by atoms with E-state index in [0.29, 0.717) is 0 Å². The fourth-order valence-electron chi connectivity index (χ4n) is 8.38. The summed E-state index contributed by atoms with van der Waals surface area (Å²) < 4.78 is 16.1. The molecule has 0 spiro atoms. The van der Waals surface area contributed by atoms with Gasteiger partial charge in [0.25, 0.3) is 0 Å². The first kappa shape index (κ1) is 30.7. The molecule has 5 aromatic carbocycles. The zero-order valence-electron chi connectivity index (χ0n) is 28.7. The molecule has 0 amide bonds. The van der Waals surface area contributed by atoms with Gasteiger partial charge in [-0.2, -0.15) is 0 Å². The average Bonchev–Trinajstić information content (AvgIpc) is 3.53. The van der Waals surface area contributed by atoms with Crippen molar-refractivity contribution in [2.24, 2.45) is 0 Å². The van der Waals surface area contributed by atoms with Crippen LogP contribution in [0.4, 0.5) is 0 Å². The van der Waals surface area contributed by atoms with Crippen molar-refractivity contribution >= 4 is 23.1 Å². The monoisotopic (exact) mass is 664 g/mol. The van der Waals surface area contributed by atoms with Gasteiger partial charge >= 0.3 is 0 Å². The third-order valence-corrected chi connectivity index (χ3v) is 14.1. The van der Waals surface area contributed by atoms with Gasteiger partial charge in [-0.25, -0.2) is 0 Å². The van der Waals surface area contributed by atoms with Crippen molar-refractivity contribution in [3.8, 4) is 44.8 Å². The van der Waals surface area contributed by atoms with Crippen molar-refractivity contribution in [2.45, 2.75) is 38.5 Å². The first-order valence-electron chi connectivity index (χ1n) is 17.3. The highest BCUT2D eigenvalue weighted by Gasteiger charge is 2.40. The number of nitrogens with zero attached hydrogens (tertiary/aromatic N) is 2. The van der Waals surface area contributed by atoms with E-state index in [-0.39, 0.29) is 10.8 Å². The highest BCUT2D eigenvalue weighted by Crippen LogP contribution is 2.54. The van der Waals surface area contributed by atoms with Crippen LogP contribution in [0, 0.1) is 0 Å². The highest BCUT2D eigenvalue weighted by atomic mass is 31.2. The minimum Gasteiger partial charge on any atom is -0.309 e. The quantitative estimate of drug-likeness (QED) is 0.172. The molecule has 242 valence electrons. The maximum atomic E-state index is 16.1. The van der Waals surface area contributed by atoms with Crippen molar-refractivity contribution in [3.63, 3.8) is 0 Å². The maximum Gasteiger partial charge on any atom is 0.171 e. The van der Waals surface area contributed by atoms with Gasteiger partial charge in [0.2, 0.25) is 0 Å². The van der Waals surface area contributed by atoms with Gasteiger partial charge in [-0.3, -0.25) is 9.97 Å². The predicted molar refractivity (Wildman–Crippen MR) is 207 cm³/mol. The molecule has 2 aliphatic rings. The second-order valence-corrected chi connectivity index (χ2v) is 17.4. The van der Waals surface area contributed by atoms with Crippen LogP contribution in [-0.4, -0.2) is 9.97 Å². The summed E-state index contributed by atoms with van der Waals surface area (Å²) in [5.74, 6) is 0. The van der Waals surface area contributed by atoms with Gasteiger partial charge in [-0.1, -0.05) is 119 Å². The minimum atomic E-state index is -3.31. The van der Waals surface area contributed by atoms with E-state index < -0.39 is 7.14 Å². The number of fused-ring (bicyclic) bond motifs is 6. The summed E-state index contributed by atoms with van der Waals surface area (Å²) in [5, 5.41) is 2.52. The zero-order valence-corrected chi connectivity index (χ0v) is 29.6. The smallest absolute Gasteiger partial charge is 0.171 e. The van der Waals surface area contributed by atoms with Gasteiger partial charge in [-0.15, -0.1) is 0 Å². The molecule has 0 fully saturated rings. The van der Waals surface area contributed by atoms with Crippen LogP contribution < -0.4 is 15.9 Å². The lowest BCUT2D eigenvalue weighted by Gasteiger charge is -2.25. The number of hydrogen-bond donors (Lipinski definition) is 0. The van der Waals surface area contributed by atoms with Crippen molar-refractivity contribution in [1.82, 2.24) is 9.97 Å². The van der Waals surface area contributed by atoms with Crippen LogP contribution in [0.3, 0.4) is 0 Å². The fraction of sp³-hybridized carbons (Fsp3) is 0.130. The number of benzene rings is 5. The third-order valence-electron chi connectivity index (χ3n) is 11.1. The Kier molecular flexibility index (Phi) is 6.79. The summed E-state index contributed by atoms with van der Waals surface area (Å²) in [6.45, 7) is 9.14. The van der Waals surface area contributed by atoms with Crippen LogP contribution in [0.25, 0.3) is 44.8 Å². The van der Waals surface area contributed by atoms with Crippen LogP contribution in [-0.2, 0) is 15.4 Å². The van der Waals surface area contributed by atoms with Crippen molar-refractivity contribution in [2.75, 3.05) is 0 Å². The molecule has 7 aromatic rings. The second kappa shape index (κ2) is 11.1. The molecule has 0 N–H and O–H groups in total. The summed E-state index contributed by atoms with van der Waals surface area (Å²) in [7, 11) is -3.31. The van der Waals surface area contributed by atoms with Crippen LogP contribution in [0.15, 0.2) is 152 Å². The molecule has 0 radical (unpaired) electrons. The number of rotatable bonds is 5. The Morgan fingerprint density at radius 1 is 0.420 bits per heavy atom. The molecule has 0 unspecified atom stereocenters. The normalized spacial score (nSPS) is 14.8. The van der Waals surface area contributed by atoms with E-state index in [1.807, 2.05) is 67.0 Å². The summed E-state index contributed by atoms with van der Waals surface area (Å²) in [6, 6.07) is 48.5. The van der Waals surface area contributed by atoms with Gasteiger partial charge in [0.05, 0.1) is 11.4 Å². The average molecular weight is 665 g/mol. The largest absolute Gasteiger partial charge is 0.309 e. The van der Waals surface area contributed by atoms with Crippen molar-refractivity contribution in [3.05, 3.63) is 174 Å². The Bertz CT molecular complexity index is 2350. The minimum absolute atomic E-state index is 0.184. The number of aromatic nitrogens is 2. The van der Waals surface area contributed by atoms with Crippen LogP contribution in [0.5, 0.6) is 0 Å². The number of hydrogen-bond acceptors (Lipinski definition) is 3. The zero-order chi connectivity index (χ0) is 34.3. The van der Waals surface area contributed by atoms with Crippen LogP contribution >= 0.6 is 7.14 Å². The molecule has 2 aromatic heterocycles. The molecule has 0 saturated heterocycles. The summed E-state index contributed by atoms with van der Waals surface area (Å²) in [6.07, 6.45) is 3.67. The van der Waals surface area contributed by atoms with E-state index in [1.165, 1.54) is 33.4 Å². The third kappa shape index (κ3) is 4.47. The van der Waals surface area contributed by atoms with E-state index in [2.05, 4.69) is 123 Å². The predicted octanol–water partition coefficient (Wildman–Crippen LogP) is 10.1. The van der Waals surface area contributed by atoms with E-state index >= 15 is 4.57 Å². The molecular weight excluding hydrogens is 627 g/mol. The standard InChI is InChI=1S/C46H37N2OP/c1-45(2)39-20-16-30(43-14-8-10-24-47-43)26-35(39)37-28-33(18-22-41(37)45)50(49,32-12-6-5-7-13-32)34-19-23-42-38(29-34)36-27-31(44-15-9-11-25-48-44)17-21-40(36)46(42,3)4/h5-29H,1-4H3. The molecule has 0 saturated carbocycles. The molecule has 0 aliphatic heterocycles. The second-order valence-electron chi connectivity index (χ2n) is 14.6. The first-order chi connectivity index (χ1) is 24.2. The van der Waals surface area contributed by atoms with Gasteiger partial charge in [0.1, 0.15) is 0 Å². The number of pyridine rings is 2. The Morgan fingerprint density at radius 3 is 1.24 bits per heavy atom. The van der Waals surface area contributed by atoms with Crippen molar-refractivity contribution < 1.29 is 4.57 Å². The molecule has 50 heavy (non-hydrogen) atoms. The lowest BCUT2D eigenvalue weighted by atomic mass is 9.82. The Hall–Kier alpha value is -5.37. The molecular formula is C46H37N2OP. The van der Waals surface area contributed by atoms with Gasteiger partial charge < -0.3 is 4.57 Å². The Balaban J connectivity index is 1.24. The van der Waals surface area contributed by atoms with Gasteiger partial charge in [0.15, 0.2) is 7.14 Å². The lowest BCUT2D eigenvalue weighted by molar-refractivity contribution is 0.592. The molecule has 9 rings (SSSR count). The van der Waals surface area contributed by atoms with Gasteiger partial charge in [-0.05, 0) is 93.0 Å². The highest BCUT2D eigenvalue weighted by molar-refractivity contribution is 7.85. The van der Waals surface area contributed by atoms with E-state index in [1.54, 1.807) is 0 Å². The Labute approximate surface area is 294 Å². The van der Waals surface area contributed by atoms with Crippen LogP contribution in [0.2, 0.25) is 0 Å². The molecule has 2 heterocycles. The van der Waals surface area contributed by atoms with Gasteiger partial charge in [0, 0.05) is 50.3 Å². The molecule has 0 bridgehead atoms. The van der Waals surface area contributed by atoms with E-state index in [9.17, 15) is 0 Å². The topological polar surface area (TPSA) is 42.9 Å². The lowest BCUT2D eigenvalue weighted by Crippen LogP contribution is -2.26. The fourth-order valence-corrected chi connectivity index (χ4v) is 11.1. The molecule has 3 nitrogen and oxygen atoms in total. The molecule has 4 heteroatoms. The summed E-state index contributed by atoms with van der Waals surface area (Å²) in [5.41, 5.74) is 13.4. The van der Waals surface area contributed by atoms with Crippen LogP contribution in [0.1, 0.15) is 49.9 Å². The van der Waals surface area contributed by atoms with E-state index in [0.717, 1.165) is 49.6 Å². The summed E-state index contributed by atoms with van der Waals surface area (Å²) >= 11 is 0. The van der Waals surface area contributed by atoms with E-state index in [4.69, 9.17) is 0 Å². The first-order valence-corrected chi connectivity index (χ1v) is 19.0. The maximum absolute atomic E-state index is 16.1. The Morgan fingerprint density at radius 2 is 0.820 bits per heavy atom. The SMILES string of the molecule is CC1(C)c2ccc(-c3ccccn3)cc2-c2cc(P(=O)(c3ccccc3)c3ccc4c(c3)-c3cc(-c5ccccn5)ccc3C4(C)C)ccc21.